The molecular formula is C19H31N5O2. The molecule has 0 aliphatic carbocycles. The number of hydrogen-bond donors (Lipinski definition) is 2. The minimum atomic E-state index is 0.0644. The second kappa shape index (κ2) is 10.8. The fourth-order valence-electron chi connectivity index (χ4n) is 3.03. The molecule has 0 atom stereocenters. The van der Waals surface area contributed by atoms with Crippen LogP contribution in [0.25, 0.3) is 0 Å². The minimum Gasteiger partial charge on any atom is -0.385 e. The molecular weight excluding hydrogens is 330 g/mol. The molecule has 2 N–H and O–H groups in total. The number of anilines is 1. The first kappa shape index (κ1) is 20.2. The molecule has 1 aliphatic heterocycles. The highest BCUT2D eigenvalue weighted by molar-refractivity contribution is 5.98. The smallest absolute Gasteiger partial charge is 0.246 e. The Bertz CT molecular complexity index is 605. The number of methoxy groups -OCH3 is 1. The van der Waals surface area contributed by atoms with Crippen molar-refractivity contribution in [1.29, 1.82) is 0 Å². The molecule has 7 heteroatoms. The van der Waals surface area contributed by atoms with Crippen LogP contribution < -0.4 is 15.5 Å². The molecule has 7 nitrogen and oxygen atoms in total. The van der Waals surface area contributed by atoms with Gasteiger partial charge in [0.2, 0.25) is 5.91 Å². The molecule has 0 spiro atoms. The van der Waals surface area contributed by atoms with Crippen molar-refractivity contribution >= 4 is 17.6 Å². The number of benzene rings is 1. The highest BCUT2D eigenvalue weighted by Crippen LogP contribution is 2.27. The molecule has 1 aromatic carbocycles. The average Bonchev–Trinajstić information content (AvgIpc) is 3.08. The van der Waals surface area contributed by atoms with Crippen molar-refractivity contribution in [2.75, 3.05) is 65.4 Å². The Morgan fingerprint density at radius 1 is 1.31 bits per heavy atom. The van der Waals surface area contributed by atoms with E-state index < -0.39 is 0 Å². The van der Waals surface area contributed by atoms with Crippen LogP contribution in [0.5, 0.6) is 0 Å². The molecule has 2 rings (SSSR count). The monoisotopic (exact) mass is 361 g/mol. The summed E-state index contributed by atoms with van der Waals surface area (Å²) in [4.78, 5) is 20.8. The van der Waals surface area contributed by atoms with Gasteiger partial charge in [0, 0.05) is 52.6 Å². The van der Waals surface area contributed by atoms with Gasteiger partial charge in [-0.2, -0.15) is 0 Å². The van der Waals surface area contributed by atoms with Gasteiger partial charge in [-0.25, -0.2) is 0 Å². The predicted molar refractivity (Wildman–Crippen MR) is 106 cm³/mol. The lowest BCUT2D eigenvalue weighted by atomic mass is 10.2. The highest BCUT2D eigenvalue weighted by atomic mass is 16.5. The van der Waals surface area contributed by atoms with Crippen molar-refractivity contribution in [2.24, 2.45) is 4.99 Å². The molecule has 1 aliphatic rings. The number of hydrogen-bond acceptors (Lipinski definition) is 4. The predicted octanol–water partition coefficient (Wildman–Crippen LogP) is 0.709. The SMILES string of the molecule is CN=C(NCCN(C)CCCOC)NCC(=O)N1CCc2ccccc21. The van der Waals surface area contributed by atoms with Gasteiger partial charge in [0.05, 0.1) is 6.54 Å². The van der Waals surface area contributed by atoms with Crippen molar-refractivity contribution in [1.82, 2.24) is 15.5 Å². The Morgan fingerprint density at radius 3 is 2.88 bits per heavy atom. The van der Waals surface area contributed by atoms with Gasteiger partial charge in [0.15, 0.2) is 5.96 Å². The first-order valence-corrected chi connectivity index (χ1v) is 9.16. The number of para-hydroxylation sites is 1. The average molecular weight is 361 g/mol. The fraction of sp³-hybridized carbons (Fsp3) is 0.579. The molecule has 0 radical (unpaired) electrons. The third-order valence-electron chi connectivity index (χ3n) is 4.49. The maximum atomic E-state index is 12.5. The molecule has 144 valence electrons. The van der Waals surface area contributed by atoms with E-state index >= 15 is 0 Å². The summed E-state index contributed by atoms with van der Waals surface area (Å²) < 4.78 is 5.06. The Hall–Kier alpha value is -2.12. The van der Waals surface area contributed by atoms with Crippen molar-refractivity contribution in [3.8, 4) is 0 Å². The number of fused-ring (bicyclic) bond motifs is 1. The van der Waals surface area contributed by atoms with Crippen LogP contribution in [0, 0.1) is 0 Å². The van der Waals surface area contributed by atoms with Crippen molar-refractivity contribution in [3.05, 3.63) is 29.8 Å². The molecule has 0 saturated heterocycles. The number of ether oxygens (including phenoxy) is 1. The molecule has 0 unspecified atom stereocenters. The van der Waals surface area contributed by atoms with Gasteiger partial charge in [-0.15, -0.1) is 0 Å². The summed E-state index contributed by atoms with van der Waals surface area (Å²) in [6.45, 7) is 4.43. The topological polar surface area (TPSA) is 69.2 Å². The summed E-state index contributed by atoms with van der Waals surface area (Å²) in [6, 6.07) is 8.08. The van der Waals surface area contributed by atoms with Crippen molar-refractivity contribution in [3.63, 3.8) is 0 Å². The van der Waals surface area contributed by atoms with Crippen molar-refractivity contribution in [2.45, 2.75) is 12.8 Å². The number of nitrogens with zero attached hydrogens (tertiary/aromatic N) is 3. The van der Waals surface area contributed by atoms with Crippen LogP contribution in [0.1, 0.15) is 12.0 Å². The molecule has 0 aromatic heterocycles. The van der Waals surface area contributed by atoms with E-state index in [-0.39, 0.29) is 12.5 Å². The first-order valence-electron chi connectivity index (χ1n) is 9.16. The summed E-state index contributed by atoms with van der Waals surface area (Å²) >= 11 is 0. The summed E-state index contributed by atoms with van der Waals surface area (Å²) in [5.74, 6) is 0.714. The van der Waals surface area contributed by atoms with Gasteiger partial charge in [-0.05, 0) is 31.5 Å². The maximum Gasteiger partial charge on any atom is 0.246 e. The summed E-state index contributed by atoms with van der Waals surface area (Å²) in [7, 11) is 5.52. The zero-order chi connectivity index (χ0) is 18.8. The lowest BCUT2D eigenvalue weighted by Crippen LogP contribution is -2.46. The second-order valence-corrected chi connectivity index (χ2v) is 6.43. The van der Waals surface area contributed by atoms with E-state index in [1.807, 2.05) is 23.1 Å². The van der Waals surface area contributed by atoms with Crippen LogP contribution in [-0.4, -0.2) is 77.3 Å². The third kappa shape index (κ3) is 6.00. The quantitative estimate of drug-likeness (QED) is 0.385. The molecule has 1 heterocycles. The van der Waals surface area contributed by atoms with E-state index in [9.17, 15) is 4.79 Å². The molecule has 1 aromatic rings. The van der Waals surface area contributed by atoms with E-state index in [0.717, 1.165) is 51.3 Å². The van der Waals surface area contributed by atoms with Gasteiger partial charge in [-0.1, -0.05) is 18.2 Å². The largest absolute Gasteiger partial charge is 0.385 e. The van der Waals surface area contributed by atoms with E-state index in [2.05, 4.69) is 33.6 Å². The van der Waals surface area contributed by atoms with Crippen LogP contribution in [0.15, 0.2) is 29.3 Å². The van der Waals surface area contributed by atoms with Gasteiger partial charge in [0.25, 0.3) is 0 Å². The van der Waals surface area contributed by atoms with E-state index in [1.165, 1.54) is 5.56 Å². The number of likely N-dealkylation sites (N-methyl/N-ethyl adjacent to an activating group) is 1. The van der Waals surface area contributed by atoms with E-state index in [1.54, 1.807) is 14.2 Å². The summed E-state index contributed by atoms with van der Waals surface area (Å²) in [6.07, 6.45) is 1.94. The van der Waals surface area contributed by atoms with E-state index in [4.69, 9.17) is 4.74 Å². The number of rotatable bonds is 9. The minimum absolute atomic E-state index is 0.0644. The molecule has 0 saturated carbocycles. The molecule has 0 fully saturated rings. The van der Waals surface area contributed by atoms with Crippen LogP contribution in [0.4, 0.5) is 5.69 Å². The molecule has 0 bridgehead atoms. The Labute approximate surface area is 156 Å². The van der Waals surface area contributed by atoms with Crippen LogP contribution in [-0.2, 0) is 16.0 Å². The molecule has 26 heavy (non-hydrogen) atoms. The first-order chi connectivity index (χ1) is 12.7. The van der Waals surface area contributed by atoms with Gasteiger partial charge in [-0.3, -0.25) is 9.79 Å². The summed E-state index contributed by atoms with van der Waals surface area (Å²) in [5, 5.41) is 6.36. The highest BCUT2D eigenvalue weighted by Gasteiger charge is 2.23. The summed E-state index contributed by atoms with van der Waals surface area (Å²) in [5.41, 5.74) is 2.26. The standard InChI is InChI=1S/C19H31N5O2/c1-20-19(21-10-13-23(2)11-6-14-26-3)22-15-18(25)24-12-9-16-7-4-5-8-17(16)24/h4-5,7-8H,6,9-15H2,1-3H3,(H2,20,21,22). The lowest BCUT2D eigenvalue weighted by Gasteiger charge is -2.20. The van der Waals surface area contributed by atoms with Gasteiger partial charge >= 0.3 is 0 Å². The number of nitrogens with one attached hydrogen (secondary N) is 2. The fourth-order valence-corrected chi connectivity index (χ4v) is 3.03. The number of amides is 1. The van der Waals surface area contributed by atoms with Crippen LogP contribution in [0.3, 0.4) is 0 Å². The number of carbonyl (C=O) groups excluding carboxylic acids is 1. The Balaban J connectivity index is 1.70. The normalized spacial score (nSPS) is 13.8. The van der Waals surface area contributed by atoms with Crippen molar-refractivity contribution < 1.29 is 9.53 Å². The van der Waals surface area contributed by atoms with Crippen LogP contribution >= 0.6 is 0 Å². The van der Waals surface area contributed by atoms with Gasteiger partial charge < -0.3 is 25.2 Å². The Morgan fingerprint density at radius 2 is 2.12 bits per heavy atom. The number of aliphatic imine (C=N–C) groups is 1. The zero-order valence-corrected chi connectivity index (χ0v) is 16.1. The lowest BCUT2D eigenvalue weighted by molar-refractivity contribution is -0.117. The number of guanidine groups is 1. The van der Waals surface area contributed by atoms with Gasteiger partial charge in [0.1, 0.15) is 0 Å². The van der Waals surface area contributed by atoms with Crippen LogP contribution in [0.2, 0.25) is 0 Å². The number of carbonyl (C=O) groups is 1. The second-order valence-electron chi connectivity index (χ2n) is 6.43. The third-order valence-corrected chi connectivity index (χ3v) is 4.49. The van der Waals surface area contributed by atoms with E-state index in [0.29, 0.717) is 5.96 Å². The maximum absolute atomic E-state index is 12.5. The Kier molecular flexibility index (Phi) is 8.37. The molecule has 1 amide bonds. The zero-order valence-electron chi connectivity index (χ0n) is 16.1.